The predicted octanol–water partition coefficient (Wildman–Crippen LogP) is 1.37. The number of nitrogens with one attached hydrogen (secondary N) is 2. The number of fused-ring (bicyclic) bond motifs is 1. The standard InChI is InChI=1S/C23H27N3O6/c27-19(21(29)25-26-22(30)16-8-4-5-9-17(16)23(26)31)18(14-10-12-32-13-11-14)24-20(28)15-6-2-1-3-7-15/h4-5,8-9,14-15,18H,1-3,6-7,10-13H2,(H,24,28)(H,25,29). The van der Waals surface area contributed by atoms with E-state index in [0.29, 0.717) is 31.1 Å². The fraction of sp³-hybridized carbons (Fsp3) is 0.522. The van der Waals surface area contributed by atoms with Gasteiger partial charge in [0.1, 0.15) is 6.04 Å². The normalized spacial score (nSPS) is 20.6. The molecule has 2 heterocycles. The van der Waals surface area contributed by atoms with E-state index in [0.717, 1.165) is 32.1 Å². The summed E-state index contributed by atoms with van der Waals surface area (Å²) in [6.07, 6.45) is 5.62. The Hall–Kier alpha value is -3.07. The van der Waals surface area contributed by atoms with Gasteiger partial charge in [-0.25, -0.2) is 0 Å². The van der Waals surface area contributed by atoms with Crippen molar-refractivity contribution in [2.75, 3.05) is 13.2 Å². The van der Waals surface area contributed by atoms with Crippen molar-refractivity contribution >= 4 is 29.4 Å². The molecule has 1 saturated carbocycles. The molecule has 4 amide bonds. The largest absolute Gasteiger partial charge is 0.381 e. The molecular formula is C23H27N3O6. The Kier molecular flexibility index (Phi) is 6.64. The number of hydrogen-bond acceptors (Lipinski definition) is 6. The molecule has 3 aliphatic rings. The van der Waals surface area contributed by atoms with Gasteiger partial charge in [0.15, 0.2) is 0 Å². The molecule has 1 aromatic carbocycles. The molecule has 0 bridgehead atoms. The van der Waals surface area contributed by atoms with Crippen molar-refractivity contribution in [3.8, 4) is 0 Å². The Bertz CT molecular complexity index is 898. The molecule has 1 atom stereocenters. The molecule has 9 heteroatoms. The van der Waals surface area contributed by atoms with Gasteiger partial charge >= 0.3 is 5.91 Å². The summed E-state index contributed by atoms with van der Waals surface area (Å²) in [5, 5.41) is 3.37. The number of imide groups is 1. The second-order valence-electron chi connectivity index (χ2n) is 8.57. The van der Waals surface area contributed by atoms with Crippen LogP contribution in [0.5, 0.6) is 0 Å². The van der Waals surface area contributed by atoms with Crippen LogP contribution >= 0.6 is 0 Å². The summed E-state index contributed by atoms with van der Waals surface area (Å²) in [6.45, 7) is 0.877. The van der Waals surface area contributed by atoms with E-state index in [-0.39, 0.29) is 28.9 Å². The van der Waals surface area contributed by atoms with Crippen LogP contribution < -0.4 is 10.7 Å². The number of carbonyl (C=O) groups excluding carboxylic acids is 5. The molecule has 2 N–H and O–H groups in total. The van der Waals surface area contributed by atoms with Crippen molar-refractivity contribution in [1.82, 2.24) is 15.8 Å². The van der Waals surface area contributed by atoms with E-state index < -0.39 is 29.5 Å². The lowest BCUT2D eigenvalue weighted by Gasteiger charge is -2.31. The lowest BCUT2D eigenvalue weighted by Crippen LogP contribution is -2.56. The first-order chi connectivity index (χ1) is 15.5. The summed E-state index contributed by atoms with van der Waals surface area (Å²) in [5.74, 6) is -3.99. The van der Waals surface area contributed by atoms with E-state index in [4.69, 9.17) is 4.74 Å². The summed E-state index contributed by atoms with van der Waals surface area (Å²) >= 11 is 0. The molecule has 0 aromatic heterocycles. The van der Waals surface area contributed by atoms with E-state index in [9.17, 15) is 24.0 Å². The molecule has 4 rings (SSSR count). The molecule has 9 nitrogen and oxygen atoms in total. The maximum Gasteiger partial charge on any atom is 0.308 e. The van der Waals surface area contributed by atoms with Gasteiger partial charge < -0.3 is 10.1 Å². The zero-order chi connectivity index (χ0) is 22.7. The van der Waals surface area contributed by atoms with Crippen molar-refractivity contribution in [1.29, 1.82) is 0 Å². The van der Waals surface area contributed by atoms with Gasteiger partial charge in [0, 0.05) is 19.1 Å². The van der Waals surface area contributed by atoms with Crippen LogP contribution in [0.1, 0.15) is 65.7 Å². The van der Waals surface area contributed by atoms with Crippen LogP contribution in [0, 0.1) is 11.8 Å². The number of ether oxygens (including phenoxy) is 1. The van der Waals surface area contributed by atoms with E-state index in [1.54, 1.807) is 12.1 Å². The molecule has 2 aliphatic heterocycles. The van der Waals surface area contributed by atoms with Crippen molar-refractivity contribution in [2.24, 2.45) is 11.8 Å². The fourth-order valence-electron chi connectivity index (χ4n) is 4.67. The lowest BCUT2D eigenvalue weighted by molar-refractivity contribution is -0.143. The number of benzene rings is 1. The minimum atomic E-state index is -1.10. The predicted molar refractivity (Wildman–Crippen MR) is 112 cm³/mol. The molecule has 1 unspecified atom stereocenters. The van der Waals surface area contributed by atoms with Gasteiger partial charge in [-0.1, -0.05) is 31.4 Å². The maximum atomic E-state index is 13.1. The summed E-state index contributed by atoms with van der Waals surface area (Å²) in [6, 6.07) is 5.17. The van der Waals surface area contributed by atoms with Gasteiger partial charge in [-0.15, -0.1) is 0 Å². The van der Waals surface area contributed by atoms with Crippen molar-refractivity contribution in [3.63, 3.8) is 0 Å². The van der Waals surface area contributed by atoms with Crippen molar-refractivity contribution in [3.05, 3.63) is 35.4 Å². The first kappa shape index (κ1) is 22.1. The monoisotopic (exact) mass is 441 g/mol. The van der Waals surface area contributed by atoms with E-state index >= 15 is 0 Å². The molecule has 0 spiro atoms. The molecular weight excluding hydrogens is 414 g/mol. The highest BCUT2D eigenvalue weighted by Crippen LogP contribution is 2.26. The second kappa shape index (κ2) is 9.60. The van der Waals surface area contributed by atoms with Gasteiger partial charge in [0.2, 0.25) is 11.7 Å². The van der Waals surface area contributed by atoms with Crippen LogP contribution in [0.2, 0.25) is 0 Å². The number of nitrogens with zero attached hydrogens (tertiary/aromatic N) is 1. The topological polar surface area (TPSA) is 122 Å². The fourth-order valence-corrected chi connectivity index (χ4v) is 4.67. The van der Waals surface area contributed by atoms with Crippen LogP contribution in [-0.2, 0) is 19.1 Å². The quantitative estimate of drug-likeness (QED) is 0.508. The molecule has 1 saturated heterocycles. The summed E-state index contributed by atoms with van der Waals surface area (Å²) in [5.41, 5.74) is 2.49. The maximum absolute atomic E-state index is 13.1. The summed E-state index contributed by atoms with van der Waals surface area (Å²) < 4.78 is 5.36. The molecule has 1 aliphatic carbocycles. The number of Topliss-reactive ketones (excluding diaryl/α,β-unsaturated/α-hetero) is 1. The van der Waals surface area contributed by atoms with E-state index in [2.05, 4.69) is 10.7 Å². The molecule has 32 heavy (non-hydrogen) atoms. The van der Waals surface area contributed by atoms with Crippen LogP contribution in [-0.4, -0.2) is 53.7 Å². The average molecular weight is 441 g/mol. The highest BCUT2D eigenvalue weighted by atomic mass is 16.5. The van der Waals surface area contributed by atoms with E-state index in [1.165, 1.54) is 12.1 Å². The van der Waals surface area contributed by atoms with Crippen LogP contribution in [0.3, 0.4) is 0 Å². The SMILES string of the molecule is O=C(NN1C(=O)c2ccccc2C1=O)C(=O)C(NC(=O)C1CCCCC1)C1CCOCC1. The number of rotatable bonds is 6. The lowest BCUT2D eigenvalue weighted by atomic mass is 9.85. The van der Waals surface area contributed by atoms with Crippen LogP contribution in [0.15, 0.2) is 24.3 Å². The number of carbonyl (C=O) groups is 5. The van der Waals surface area contributed by atoms with E-state index in [1.807, 2.05) is 0 Å². The van der Waals surface area contributed by atoms with Gasteiger partial charge in [-0.3, -0.25) is 29.4 Å². The first-order valence-electron chi connectivity index (χ1n) is 11.2. The zero-order valence-corrected chi connectivity index (χ0v) is 17.8. The molecule has 1 aromatic rings. The number of hydrogen-bond donors (Lipinski definition) is 2. The van der Waals surface area contributed by atoms with Crippen molar-refractivity contribution < 1.29 is 28.7 Å². The molecule has 0 radical (unpaired) electrons. The third kappa shape index (κ3) is 4.43. The Morgan fingerprint density at radius 1 is 0.906 bits per heavy atom. The Morgan fingerprint density at radius 2 is 1.50 bits per heavy atom. The Labute approximate surface area is 185 Å². The third-order valence-electron chi connectivity index (χ3n) is 6.52. The van der Waals surface area contributed by atoms with Crippen LogP contribution in [0.25, 0.3) is 0 Å². The number of ketones is 1. The summed E-state index contributed by atoms with van der Waals surface area (Å²) in [7, 11) is 0. The highest BCUT2D eigenvalue weighted by molar-refractivity contribution is 6.39. The Balaban J connectivity index is 1.47. The highest BCUT2D eigenvalue weighted by Gasteiger charge is 2.41. The van der Waals surface area contributed by atoms with Gasteiger partial charge in [0.25, 0.3) is 11.8 Å². The minimum Gasteiger partial charge on any atom is -0.381 e. The molecule has 170 valence electrons. The minimum absolute atomic E-state index is 0.164. The second-order valence-corrected chi connectivity index (χ2v) is 8.57. The van der Waals surface area contributed by atoms with Gasteiger partial charge in [-0.2, -0.15) is 5.01 Å². The zero-order valence-electron chi connectivity index (χ0n) is 17.8. The van der Waals surface area contributed by atoms with Crippen molar-refractivity contribution in [2.45, 2.75) is 51.0 Å². The average Bonchev–Trinajstić information content (AvgIpc) is 3.08. The number of hydrazine groups is 1. The number of amides is 4. The van der Waals surface area contributed by atoms with Gasteiger partial charge in [-0.05, 0) is 43.7 Å². The third-order valence-corrected chi connectivity index (χ3v) is 6.52. The molecule has 2 fully saturated rings. The summed E-state index contributed by atoms with van der Waals surface area (Å²) in [4.78, 5) is 63.8. The van der Waals surface area contributed by atoms with Crippen LogP contribution in [0.4, 0.5) is 0 Å². The Morgan fingerprint density at radius 3 is 2.09 bits per heavy atom. The smallest absolute Gasteiger partial charge is 0.308 e. The first-order valence-corrected chi connectivity index (χ1v) is 11.2. The van der Waals surface area contributed by atoms with Gasteiger partial charge in [0.05, 0.1) is 11.1 Å².